The number of aryl methyl sites for hydroxylation is 1. The molecule has 1 aliphatic carbocycles. The molecule has 5 aromatic rings. The van der Waals surface area contributed by atoms with Crippen LogP contribution in [0.1, 0.15) is 67.6 Å². The smallest absolute Gasteiger partial charge is 0.383 e. The molecule has 2 aromatic carbocycles. The molecule has 228 valence electrons. The van der Waals surface area contributed by atoms with E-state index in [9.17, 15) is 23.7 Å². The van der Waals surface area contributed by atoms with Gasteiger partial charge in [0.05, 0.1) is 40.1 Å². The van der Waals surface area contributed by atoms with Crippen LogP contribution in [0.3, 0.4) is 0 Å². The fourth-order valence-electron chi connectivity index (χ4n) is 5.60. The van der Waals surface area contributed by atoms with E-state index in [1.54, 1.807) is 18.3 Å². The van der Waals surface area contributed by atoms with Crippen molar-refractivity contribution >= 4 is 33.2 Å². The number of pyridine rings is 2. The number of hydrogen-bond donors (Lipinski definition) is 2. The van der Waals surface area contributed by atoms with Gasteiger partial charge in [-0.1, -0.05) is 38.1 Å². The molecule has 3 heterocycles. The van der Waals surface area contributed by atoms with Crippen LogP contribution in [-0.4, -0.2) is 37.7 Å². The second-order valence-electron chi connectivity index (χ2n) is 12.7. The number of halogens is 3. The van der Waals surface area contributed by atoms with Gasteiger partial charge in [0.15, 0.2) is 5.54 Å². The molecule has 0 saturated heterocycles. The van der Waals surface area contributed by atoms with Gasteiger partial charge in [-0.05, 0) is 60.6 Å². The lowest BCUT2D eigenvalue weighted by Gasteiger charge is -2.23. The molecular weight excluding hydrogens is 579 g/mol. The van der Waals surface area contributed by atoms with Crippen LogP contribution in [0.2, 0.25) is 0 Å². The minimum Gasteiger partial charge on any atom is -0.383 e. The summed E-state index contributed by atoms with van der Waals surface area (Å²) in [5, 5.41) is 36.4. The molecule has 3 aromatic heterocycles. The summed E-state index contributed by atoms with van der Waals surface area (Å²) in [5.41, 5.74) is 2.53. The third kappa shape index (κ3) is 5.37. The Bertz CT molecular complexity index is 2020. The molecule has 1 aliphatic rings. The molecule has 2 N–H and O–H groups in total. The SMILES string of the molecule is Cc1ccnc2cccc(C(Nc3cc(C#N)c4ncc(C#N)c(NCC(C)(C)C)c4c3)c3cn(C4(C(F)(F)F)CC4)nn3)c12. The topological polar surface area (TPSA) is 128 Å². The Kier molecular flexibility index (Phi) is 7.12. The number of aromatic nitrogens is 5. The molecule has 45 heavy (non-hydrogen) atoms. The van der Waals surface area contributed by atoms with Gasteiger partial charge in [-0.2, -0.15) is 23.7 Å². The number of rotatable bonds is 7. The van der Waals surface area contributed by atoms with Gasteiger partial charge in [0.2, 0.25) is 0 Å². The number of benzene rings is 2. The quantitative estimate of drug-likeness (QED) is 0.199. The predicted octanol–water partition coefficient (Wildman–Crippen LogP) is 7.14. The van der Waals surface area contributed by atoms with Crippen molar-refractivity contribution in [3.05, 3.63) is 82.9 Å². The van der Waals surface area contributed by atoms with Crippen LogP contribution in [-0.2, 0) is 5.54 Å². The van der Waals surface area contributed by atoms with E-state index in [0.717, 1.165) is 21.2 Å². The Morgan fingerprint density at radius 3 is 2.47 bits per heavy atom. The van der Waals surface area contributed by atoms with Gasteiger partial charge >= 0.3 is 6.18 Å². The zero-order valence-corrected chi connectivity index (χ0v) is 25.2. The molecule has 0 radical (unpaired) electrons. The summed E-state index contributed by atoms with van der Waals surface area (Å²) in [4.78, 5) is 8.93. The number of fused-ring (bicyclic) bond motifs is 2. The molecule has 1 saturated carbocycles. The Morgan fingerprint density at radius 2 is 1.80 bits per heavy atom. The van der Waals surface area contributed by atoms with Crippen molar-refractivity contribution in [3.63, 3.8) is 0 Å². The first-order valence-electron chi connectivity index (χ1n) is 14.5. The summed E-state index contributed by atoms with van der Waals surface area (Å²) in [6.45, 7) is 8.68. The second-order valence-corrected chi connectivity index (χ2v) is 12.7. The van der Waals surface area contributed by atoms with Crippen LogP contribution in [0, 0.1) is 35.0 Å². The maximum absolute atomic E-state index is 14.0. The van der Waals surface area contributed by atoms with Crippen molar-refractivity contribution in [2.45, 2.75) is 58.3 Å². The average Bonchev–Trinajstić information content (AvgIpc) is 3.69. The molecular formula is C33H30F3N9. The summed E-state index contributed by atoms with van der Waals surface area (Å²) < 4.78 is 43.0. The Labute approximate surface area is 257 Å². The second kappa shape index (κ2) is 10.7. The highest BCUT2D eigenvalue weighted by atomic mass is 19.4. The number of nitrogens with zero attached hydrogens (tertiary/aromatic N) is 7. The monoisotopic (exact) mass is 609 g/mol. The minimum atomic E-state index is -4.47. The Morgan fingerprint density at radius 1 is 1.04 bits per heavy atom. The molecule has 0 spiro atoms. The van der Waals surface area contributed by atoms with Crippen molar-refractivity contribution in [3.8, 4) is 12.1 Å². The molecule has 0 bridgehead atoms. The first kappa shape index (κ1) is 29.8. The van der Waals surface area contributed by atoms with E-state index in [1.807, 2.05) is 31.2 Å². The number of nitriles is 2. The highest BCUT2D eigenvalue weighted by Crippen LogP contribution is 2.55. The van der Waals surface area contributed by atoms with Crippen LogP contribution < -0.4 is 10.6 Å². The predicted molar refractivity (Wildman–Crippen MR) is 164 cm³/mol. The minimum absolute atomic E-state index is 0.0660. The molecule has 1 atom stereocenters. The lowest BCUT2D eigenvalue weighted by Crippen LogP contribution is -2.35. The van der Waals surface area contributed by atoms with Gasteiger partial charge in [0.25, 0.3) is 0 Å². The van der Waals surface area contributed by atoms with Gasteiger partial charge in [-0.25, -0.2) is 4.68 Å². The summed E-state index contributed by atoms with van der Waals surface area (Å²) >= 11 is 0. The average molecular weight is 610 g/mol. The molecule has 9 nitrogen and oxygen atoms in total. The molecule has 1 fully saturated rings. The van der Waals surface area contributed by atoms with E-state index in [-0.39, 0.29) is 29.5 Å². The van der Waals surface area contributed by atoms with Crippen LogP contribution >= 0.6 is 0 Å². The lowest BCUT2D eigenvalue weighted by atomic mass is 9.95. The van der Waals surface area contributed by atoms with E-state index in [0.29, 0.717) is 39.9 Å². The standard InChI is InChI=1S/C33H30F3N9/c1-19-8-11-39-25-7-5-6-23(27(19)25)30(26-17-45(44-43-26)32(9-10-32)33(34,35)36)42-22-12-20(14-37)28-24(13-22)29(21(15-38)16-40-28)41-18-31(2,3)4/h5-8,11-13,16-17,30,42H,9-10,18H2,1-4H3,(H,40,41). The number of hydrogen-bond acceptors (Lipinski definition) is 8. The van der Waals surface area contributed by atoms with Crippen LogP contribution in [0.25, 0.3) is 21.8 Å². The summed E-state index contributed by atoms with van der Waals surface area (Å²) in [5.74, 6) is 0. The van der Waals surface area contributed by atoms with Gasteiger partial charge in [-0.15, -0.1) is 5.10 Å². The molecule has 0 aliphatic heterocycles. The molecule has 6 rings (SSSR count). The zero-order chi connectivity index (χ0) is 32.1. The van der Waals surface area contributed by atoms with Crippen molar-refractivity contribution in [2.75, 3.05) is 17.2 Å². The third-order valence-electron chi connectivity index (χ3n) is 8.13. The van der Waals surface area contributed by atoms with Crippen LogP contribution in [0.15, 0.2) is 55.0 Å². The third-order valence-corrected chi connectivity index (χ3v) is 8.13. The normalized spacial score (nSPS) is 15.0. The summed E-state index contributed by atoms with van der Waals surface area (Å²) in [6, 6.07) is 14.5. The lowest BCUT2D eigenvalue weighted by molar-refractivity contribution is -0.182. The van der Waals surface area contributed by atoms with Gasteiger partial charge in [0.1, 0.15) is 17.8 Å². The maximum atomic E-state index is 14.0. The molecule has 1 unspecified atom stereocenters. The van der Waals surface area contributed by atoms with Crippen LogP contribution in [0.4, 0.5) is 24.5 Å². The van der Waals surface area contributed by atoms with Crippen molar-refractivity contribution < 1.29 is 13.2 Å². The van der Waals surface area contributed by atoms with Crippen LogP contribution in [0.5, 0.6) is 0 Å². The largest absolute Gasteiger partial charge is 0.413 e. The maximum Gasteiger partial charge on any atom is 0.413 e. The summed E-state index contributed by atoms with van der Waals surface area (Å²) in [7, 11) is 0. The first-order chi connectivity index (χ1) is 21.3. The van der Waals surface area contributed by atoms with Crippen molar-refractivity contribution in [1.82, 2.24) is 25.0 Å². The van der Waals surface area contributed by atoms with E-state index in [1.165, 1.54) is 12.4 Å². The first-order valence-corrected chi connectivity index (χ1v) is 14.5. The molecule has 0 amide bonds. The number of alkyl halides is 3. The van der Waals surface area contributed by atoms with E-state index < -0.39 is 17.8 Å². The fourth-order valence-corrected chi connectivity index (χ4v) is 5.60. The fraction of sp³-hybridized carbons (Fsp3) is 0.333. The van der Waals surface area contributed by atoms with E-state index >= 15 is 0 Å². The van der Waals surface area contributed by atoms with Crippen molar-refractivity contribution in [2.24, 2.45) is 5.41 Å². The van der Waals surface area contributed by atoms with Gasteiger partial charge in [-0.3, -0.25) is 9.97 Å². The van der Waals surface area contributed by atoms with Gasteiger partial charge < -0.3 is 10.6 Å². The Hall–Kier alpha value is -5.23. The highest BCUT2D eigenvalue weighted by molar-refractivity contribution is 5.99. The molecule has 12 heteroatoms. The van der Waals surface area contributed by atoms with E-state index in [4.69, 9.17) is 0 Å². The zero-order valence-electron chi connectivity index (χ0n) is 25.2. The van der Waals surface area contributed by atoms with E-state index in [2.05, 4.69) is 63.8 Å². The summed E-state index contributed by atoms with van der Waals surface area (Å²) in [6.07, 6.45) is -0.103. The van der Waals surface area contributed by atoms with Crippen molar-refractivity contribution in [1.29, 1.82) is 10.5 Å². The number of nitrogens with one attached hydrogen (secondary N) is 2. The highest BCUT2D eigenvalue weighted by Gasteiger charge is 2.66. The Balaban J connectivity index is 1.53. The van der Waals surface area contributed by atoms with Gasteiger partial charge in [0, 0.05) is 35.4 Å². The number of anilines is 2.